The average molecular weight is 299 g/mol. The van der Waals surface area contributed by atoms with Gasteiger partial charge >= 0.3 is 7.25 Å². The lowest BCUT2D eigenvalue weighted by molar-refractivity contribution is -0.609. The first-order valence-electron chi connectivity index (χ1n) is 6.52. The largest absolute Gasteiger partial charge is 0.673 e. The van der Waals surface area contributed by atoms with E-state index in [1.807, 2.05) is 0 Å². The summed E-state index contributed by atoms with van der Waals surface area (Å²) in [6, 6.07) is 13.1. The van der Waals surface area contributed by atoms with Crippen LogP contribution in [0.5, 0.6) is 0 Å². The highest BCUT2D eigenvalue weighted by Crippen LogP contribution is 2.08. The second-order valence-electron chi connectivity index (χ2n) is 4.98. The Balaban J connectivity index is 0.000000383. The predicted octanol–water partition coefficient (Wildman–Crippen LogP) is 4.50. The molecule has 6 heteroatoms. The fraction of sp³-hybridized carbons (Fsp3) is 0.267. The van der Waals surface area contributed by atoms with Crippen LogP contribution < -0.4 is 4.57 Å². The normalized spacial score (nSPS) is 10.9. The minimum absolute atomic E-state index is 1.24. The third kappa shape index (κ3) is 5.98. The monoisotopic (exact) mass is 299 g/mol. The minimum atomic E-state index is -6.00. The van der Waals surface area contributed by atoms with E-state index in [1.54, 1.807) is 0 Å². The van der Waals surface area contributed by atoms with Crippen molar-refractivity contribution in [2.24, 2.45) is 0 Å². The summed E-state index contributed by atoms with van der Waals surface area (Å²) >= 11 is 0. The fourth-order valence-electron chi connectivity index (χ4n) is 2.21. The predicted molar refractivity (Wildman–Crippen MR) is 77.1 cm³/mol. The molecule has 1 aromatic carbocycles. The molecular weight excluding hydrogens is 281 g/mol. The number of hydrogen-bond donors (Lipinski definition) is 0. The van der Waals surface area contributed by atoms with Crippen molar-refractivity contribution in [1.29, 1.82) is 0 Å². The molecule has 1 aromatic heterocycles. The van der Waals surface area contributed by atoms with Crippen LogP contribution >= 0.6 is 0 Å². The maximum absolute atomic E-state index is 9.75. The summed E-state index contributed by atoms with van der Waals surface area (Å²) in [5.74, 6) is 0. The Bertz CT molecular complexity index is 577. The molecule has 0 saturated heterocycles. The van der Waals surface area contributed by atoms with E-state index in [1.165, 1.54) is 28.2 Å². The molecule has 0 aliphatic heterocycles. The molecule has 2 rings (SSSR count). The van der Waals surface area contributed by atoms with E-state index >= 15 is 0 Å². The van der Waals surface area contributed by atoms with Gasteiger partial charge in [0.15, 0.2) is 11.4 Å². The van der Waals surface area contributed by atoms with Crippen LogP contribution in [0.15, 0.2) is 36.4 Å². The lowest BCUT2D eigenvalue weighted by Gasteiger charge is -2.04. The van der Waals surface area contributed by atoms with Crippen LogP contribution in [0.25, 0.3) is 5.69 Å². The van der Waals surface area contributed by atoms with E-state index in [2.05, 4.69) is 68.7 Å². The van der Waals surface area contributed by atoms with Crippen molar-refractivity contribution >= 4 is 7.25 Å². The molecule has 0 bridgehead atoms. The average Bonchev–Trinajstić information content (AvgIpc) is 2.28. The Hall–Kier alpha value is -1.85. The van der Waals surface area contributed by atoms with E-state index in [-0.39, 0.29) is 0 Å². The number of aryl methyl sites for hydroxylation is 4. The van der Waals surface area contributed by atoms with Crippen molar-refractivity contribution in [1.82, 2.24) is 0 Å². The van der Waals surface area contributed by atoms with Crippen molar-refractivity contribution in [2.45, 2.75) is 27.7 Å². The number of halogens is 4. The Labute approximate surface area is 122 Å². The van der Waals surface area contributed by atoms with Crippen LogP contribution in [0.1, 0.15) is 22.5 Å². The minimum Gasteiger partial charge on any atom is -0.418 e. The molecule has 0 fully saturated rings. The van der Waals surface area contributed by atoms with E-state index in [9.17, 15) is 17.3 Å². The topological polar surface area (TPSA) is 3.88 Å². The summed E-state index contributed by atoms with van der Waals surface area (Å²) in [6.45, 7) is 8.56. The Morgan fingerprint density at radius 1 is 0.714 bits per heavy atom. The molecule has 1 nitrogen and oxygen atoms in total. The van der Waals surface area contributed by atoms with Gasteiger partial charge in [-0.2, -0.15) is 4.57 Å². The van der Waals surface area contributed by atoms with E-state index < -0.39 is 7.25 Å². The van der Waals surface area contributed by atoms with E-state index in [0.29, 0.717) is 0 Å². The second kappa shape index (κ2) is 6.74. The van der Waals surface area contributed by atoms with Gasteiger partial charge in [0, 0.05) is 38.1 Å². The highest BCUT2D eigenvalue weighted by atomic mass is 19.5. The zero-order valence-corrected chi connectivity index (χ0v) is 12.5. The smallest absolute Gasteiger partial charge is 0.418 e. The highest BCUT2D eigenvalue weighted by molar-refractivity contribution is 6.50. The summed E-state index contributed by atoms with van der Waals surface area (Å²) in [7, 11) is -6.00. The molecule has 0 unspecified atom stereocenters. The SMILES string of the molecule is Cc1ccc(-[n+]2c(C)cc(C)cc2C)cc1.F[B-](F)(F)F. The molecule has 2 aromatic rings. The number of nitrogens with zero attached hydrogens (tertiary/aromatic N) is 1. The lowest BCUT2D eigenvalue weighted by atomic mass is 10.1. The van der Waals surface area contributed by atoms with Gasteiger partial charge in [0.05, 0.1) is 0 Å². The first kappa shape index (κ1) is 17.2. The fourth-order valence-corrected chi connectivity index (χ4v) is 2.21. The van der Waals surface area contributed by atoms with Crippen molar-refractivity contribution in [3.8, 4) is 5.69 Å². The van der Waals surface area contributed by atoms with Crippen LogP contribution in [0.3, 0.4) is 0 Å². The third-order valence-electron chi connectivity index (χ3n) is 2.87. The lowest BCUT2D eigenvalue weighted by Crippen LogP contribution is -2.37. The molecule has 21 heavy (non-hydrogen) atoms. The van der Waals surface area contributed by atoms with Crippen LogP contribution in [0.4, 0.5) is 17.3 Å². The van der Waals surface area contributed by atoms with Gasteiger partial charge in [-0.1, -0.05) is 17.7 Å². The standard InChI is InChI=1S/C15H18N.BF4/c1-11-5-7-15(8-6-11)16-13(3)9-12(2)10-14(16)4;2-1(3,4)5/h5-10H,1-4H3;/q+1;-1. The van der Waals surface area contributed by atoms with Gasteiger partial charge in [-0.05, 0) is 19.4 Å². The zero-order valence-electron chi connectivity index (χ0n) is 12.5. The van der Waals surface area contributed by atoms with Crippen molar-refractivity contribution < 1.29 is 21.8 Å². The Morgan fingerprint density at radius 2 is 1.10 bits per heavy atom. The molecule has 0 N–H and O–H groups in total. The summed E-state index contributed by atoms with van der Waals surface area (Å²) in [6.07, 6.45) is 0. The van der Waals surface area contributed by atoms with Gasteiger partial charge in [-0.25, -0.2) is 0 Å². The van der Waals surface area contributed by atoms with Gasteiger partial charge in [-0.15, -0.1) is 0 Å². The summed E-state index contributed by atoms with van der Waals surface area (Å²) in [5.41, 5.74) is 6.41. The molecule has 0 saturated carbocycles. The van der Waals surface area contributed by atoms with Gasteiger partial charge in [-0.3, -0.25) is 0 Å². The molecule has 0 radical (unpaired) electrons. The van der Waals surface area contributed by atoms with Gasteiger partial charge in [0.25, 0.3) is 0 Å². The summed E-state index contributed by atoms with van der Waals surface area (Å²) in [4.78, 5) is 0. The van der Waals surface area contributed by atoms with Crippen molar-refractivity contribution in [3.05, 3.63) is 58.9 Å². The molecule has 0 atom stereocenters. The summed E-state index contributed by atoms with van der Waals surface area (Å²) in [5, 5.41) is 0. The van der Waals surface area contributed by atoms with Crippen LogP contribution in [0.2, 0.25) is 0 Å². The number of rotatable bonds is 1. The van der Waals surface area contributed by atoms with Crippen molar-refractivity contribution in [3.63, 3.8) is 0 Å². The molecule has 1 heterocycles. The number of pyridine rings is 1. The maximum atomic E-state index is 9.75. The van der Waals surface area contributed by atoms with Crippen LogP contribution in [0, 0.1) is 27.7 Å². The van der Waals surface area contributed by atoms with Crippen LogP contribution in [-0.2, 0) is 0 Å². The summed E-state index contributed by atoms with van der Waals surface area (Å²) < 4.78 is 41.3. The molecular formula is C15H18BF4N. The zero-order chi connectivity index (χ0) is 16.2. The first-order chi connectivity index (χ1) is 9.58. The molecule has 0 aliphatic rings. The molecule has 0 amide bonds. The van der Waals surface area contributed by atoms with Crippen LogP contribution in [-0.4, -0.2) is 7.25 Å². The Kier molecular flexibility index (Phi) is 5.52. The molecule has 0 spiro atoms. The van der Waals surface area contributed by atoms with E-state index in [4.69, 9.17) is 0 Å². The quantitative estimate of drug-likeness (QED) is 0.415. The third-order valence-corrected chi connectivity index (χ3v) is 2.87. The molecule has 0 aliphatic carbocycles. The number of hydrogen-bond acceptors (Lipinski definition) is 0. The van der Waals surface area contributed by atoms with Gasteiger partial charge in [0.2, 0.25) is 5.69 Å². The van der Waals surface area contributed by atoms with E-state index in [0.717, 1.165) is 0 Å². The van der Waals surface area contributed by atoms with Gasteiger partial charge in [0.1, 0.15) is 0 Å². The number of aromatic nitrogens is 1. The van der Waals surface area contributed by atoms with Crippen molar-refractivity contribution in [2.75, 3.05) is 0 Å². The molecule has 114 valence electrons. The van der Waals surface area contributed by atoms with Gasteiger partial charge < -0.3 is 17.3 Å². The maximum Gasteiger partial charge on any atom is 0.673 e. The first-order valence-corrected chi connectivity index (χ1v) is 6.52. The second-order valence-corrected chi connectivity index (χ2v) is 4.98. The number of benzene rings is 1. The highest BCUT2D eigenvalue weighted by Gasteiger charge is 2.20. The Morgan fingerprint density at radius 3 is 1.48 bits per heavy atom.